The van der Waals surface area contributed by atoms with Crippen LogP contribution in [0.15, 0.2) is 52.9 Å². The smallest absolute Gasteiger partial charge is 0.336 e. The summed E-state index contributed by atoms with van der Waals surface area (Å²) in [6, 6.07) is 5.00. The van der Waals surface area contributed by atoms with Crippen molar-refractivity contribution in [3.05, 3.63) is 53.5 Å². The van der Waals surface area contributed by atoms with Crippen LogP contribution in [0.2, 0.25) is 0 Å². The minimum atomic E-state index is -1.00. The second-order valence-electron chi connectivity index (χ2n) is 4.11. The lowest BCUT2D eigenvalue weighted by atomic mass is 10.2. The molecule has 21 heavy (non-hydrogen) atoms. The van der Waals surface area contributed by atoms with Crippen LogP contribution >= 0.6 is 27.7 Å². The largest absolute Gasteiger partial charge is 0.478 e. The maximum absolute atomic E-state index is 12.1. The average Bonchev–Trinajstić information content (AvgIpc) is 2.45. The van der Waals surface area contributed by atoms with E-state index in [9.17, 15) is 9.59 Å². The van der Waals surface area contributed by atoms with Crippen LogP contribution in [-0.2, 0) is 4.79 Å². The van der Waals surface area contributed by atoms with Crippen molar-refractivity contribution in [3.8, 4) is 0 Å². The number of rotatable bonds is 8. The van der Waals surface area contributed by atoms with Gasteiger partial charge in [-0.3, -0.25) is 4.79 Å². The van der Waals surface area contributed by atoms with Gasteiger partial charge in [-0.1, -0.05) is 12.2 Å². The maximum Gasteiger partial charge on any atom is 0.336 e. The highest BCUT2D eigenvalue weighted by Crippen LogP contribution is 2.25. The second-order valence-corrected chi connectivity index (χ2v) is 6.01. The molecule has 1 amide bonds. The topological polar surface area (TPSA) is 57.6 Å². The van der Waals surface area contributed by atoms with Crippen LogP contribution in [0.5, 0.6) is 0 Å². The van der Waals surface area contributed by atoms with Gasteiger partial charge in [0.05, 0.1) is 11.3 Å². The monoisotopic (exact) mass is 369 g/mol. The van der Waals surface area contributed by atoms with Gasteiger partial charge in [0.1, 0.15) is 0 Å². The summed E-state index contributed by atoms with van der Waals surface area (Å²) >= 11 is 4.49. The van der Waals surface area contributed by atoms with Gasteiger partial charge >= 0.3 is 5.97 Å². The first-order valence-electron chi connectivity index (χ1n) is 6.14. The molecule has 1 aromatic rings. The summed E-state index contributed by atoms with van der Waals surface area (Å²) in [4.78, 5) is 25.5. The number of aromatic carboxylic acids is 1. The molecule has 0 fully saturated rings. The van der Waals surface area contributed by atoms with Crippen molar-refractivity contribution >= 4 is 39.6 Å². The van der Waals surface area contributed by atoms with E-state index in [0.717, 1.165) is 4.90 Å². The number of carboxylic acid groups (broad SMARTS) is 1. The lowest BCUT2D eigenvalue weighted by molar-refractivity contribution is -0.127. The van der Waals surface area contributed by atoms with Gasteiger partial charge in [-0.05, 0) is 34.1 Å². The van der Waals surface area contributed by atoms with Gasteiger partial charge in [-0.15, -0.1) is 24.9 Å². The molecule has 0 aliphatic carbocycles. The van der Waals surface area contributed by atoms with Crippen molar-refractivity contribution in [1.82, 2.24) is 4.90 Å². The van der Waals surface area contributed by atoms with Crippen LogP contribution in [0, 0.1) is 0 Å². The molecule has 0 aliphatic heterocycles. The van der Waals surface area contributed by atoms with Crippen LogP contribution in [0.1, 0.15) is 10.4 Å². The number of nitrogens with zero attached hydrogens (tertiary/aromatic N) is 1. The molecule has 0 aliphatic rings. The number of hydrogen-bond acceptors (Lipinski definition) is 3. The Kier molecular flexibility index (Phi) is 7.25. The predicted molar refractivity (Wildman–Crippen MR) is 88.8 cm³/mol. The molecule has 1 N–H and O–H groups in total. The normalized spacial score (nSPS) is 9.95. The number of thioether (sulfide) groups is 1. The van der Waals surface area contributed by atoms with Crippen molar-refractivity contribution in [2.24, 2.45) is 0 Å². The molecule has 0 heterocycles. The molecule has 0 saturated carbocycles. The van der Waals surface area contributed by atoms with E-state index in [0.29, 0.717) is 17.6 Å². The van der Waals surface area contributed by atoms with Gasteiger partial charge in [-0.2, -0.15) is 0 Å². The molecule has 0 spiro atoms. The van der Waals surface area contributed by atoms with Gasteiger partial charge in [0.15, 0.2) is 0 Å². The zero-order valence-electron chi connectivity index (χ0n) is 11.4. The molecule has 6 heteroatoms. The number of carbonyl (C=O) groups is 2. The molecular formula is C15H16BrNO3S. The highest BCUT2D eigenvalue weighted by Gasteiger charge is 2.13. The number of benzene rings is 1. The molecule has 0 radical (unpaired) electrons. The second kappa shape index (κ2) is 8.69. The van der Waals surface area contributed by atoms with Crippen LogP contribution in [-0.4, -0.2) is 40.7 Å². The maximum atomic E-state index is 12.1. The Morgan fingerprint density at radius 3 is 2.43 bits per heavy atom. The first kappa shape index (κ1) is 17.5. The fourth-order valence-electron chi connectivity index (χ4n) is 1.58. The summed E-state index contributed by atoms with van der Waals surface area (Å²) in [5.74, 6) is -0.808. The van der Waals surface area contributed by atoms with Gasteiger partial charge in [0, 0.05) is 22.5 Å². The van der Waals surface area contributed by atoms with Crippen LogP contribution in [0.25, 0.3) is 0 Å². The highest BCUT2D eigenvalue weighted by molar-refractivity contribution is 9.10. The van der Waals surface area contributed by atoms with Crippen LogP contribution in [0.4, 0.5) is 0 Å². The van der Waals surface area contributed by atoms with Crippen molar-refractivity contribution in [3.63, 3.8) is 0 Å². The van der Waals surface area contributed by atoms with Crippen molar-refractivity contribution in [2.45, 2.75) is 4.90 Å². The lowest BCUT2D eigenvalue weighted by Gasteiger charge is -2.19. The number of amides is 1. The zero-order chi connectivity index (χ0) is 15.8. The molecule has 4 nitrogen and oxygen atoms in total. The Balaban J connectivity index is 2.72. The molecule has 1 aromatic carbocycles. The van der Waals surface area contributed by atoms with Gasteiger partial charge in [-0.25, -0.2) is 4.79 Å². The molecule has 1 rings (SSSR count). The Bertz CT molecular complexity index is 550. The van der Waals surface area contributed by atoms with E-state index < -0.39 is 5.97 Å². The molecule has 0 bridgehead atoms. The molecular weight excluding hydrogens is 354 g/mol. The Morgan fingerprint density at radius 1 is 1.29 bits per heavy atom. The average molecular weight is 370 g/mol. The number of halogens is 1. The first-order valence-corrected chi connectivity index (χ1v) is 7.92. The number of carboxylic acids is 1. The number of carbonyl (C=O) groups excluding carboxylic acids is 1. The van der Waals surface area contributed by atoms with Crippen LogP contribution < -0.4 is 0 Å². The Morgan fingerprint density at radius 2 is 1.90 bits per heavy atom. The lowest BCUT2D eigenvalue weighted by Crippen LogP contribution is -2.32. The predicted octanol–water partition coefficient (Wildman–Crippen LogP) is 3.44. The van der Waals surface area contributed by atoms with Gasteiger partial charge in [0.25, 0.3) is 0 Å². The summed E-state index contributed by atoms with van der Waals surface area (Å²) in [7, 11) is 0. The minimum absolute atomic E-state index is 0.0420. The summed E-state index contributed by atoms with van der Waals surface area (Å²) in [5.41, 5.74) is 0.182. The van der Waals surface area contributed by atoms with E-state index in [2.05, 4.69) is 29.1 Å². The fourth-order valence-corrected chi connectivity index (χ4v) is 2.84. The summed E-state index contributed by atoms with van der Waals surface area (Å²) in [6.07, 6.45) is 3.32. The van der Waals surface area contributed by atoms with E-state index >= 15 is 0 Å². The first-order chi connectivity index (χ1) is 9.99. The third-order valence-electron chi connectivity index (χ3n) is 2.58. The molecule has 0 saturated heterocycles. The van der Waals surface area contributed by atoms with Gasteiger partial charge < -0.3 is 10.0 Å². The standard InChI is InChI=1S/C15H16BrNO3S/c1-3-7-17(8-4-2)14(18)10-21-11-5-6-13(16)12(9-11)15(19)20/h3-6,9H,1-2,7-8,10H2,(H,19,20). The number of hydrogen-bond donors (Lipinski definition) is 1. The molecule has 112 valence electrons. The Hall–Kier alpha value is -1.53. The van der Waals surface area contributed by atoms with Crippen molar-refractivity contribution in [1.29, 1.82) is 0 Å². The summed E-state index contributed by atoms with van der Waals surface area (Å²) in [5, 5.41) is 9.06. The van der Waals surface area contributed by atoms with E-state index in [-0.39, 0.29) is 17.2 Å². The molecule has 0 aromatic heterocycles. The van der Waals surface area contributed by atoms with E-state index in [1.807, 2.05) is 0 Å². The third-order valence-corrected chi connectivity index (χ3v) is 4.25. The zero-order valence-corrected chi connectivity index (χ0v) is 13.8. The SMILES string of the molecule is C=CCN(CC=C)C(=O)CSc1ccc(Br)c(C(=O)O)c1. The van der Waals surface area contributed by atoms with Crippen LogP contribution in [0.3, 0.4) is 0 Å². The van der Waals surface area contributed by atoms with E-state index in [1.54, 1.807) is 35.3 Å². The quantitative estimate of drug-likeness (QED) is 0.563. The van der Waals surface area contributed by atoms with Gasteiger partial charge in [0.2, 0.25) is 5.91 Å². The van der Waals surface area contributed by atoms with Crippen molar-refractivity contribution < 1.29 is 14.7 Å². The summed E-state index contributed by atoms with van der Waals surface area (Å²) < 4.78 is 0.519. The highest BCUT2D eigenvalue weighted by atomic mass is 79.9. The van der Waals surface area contributed by atoms with E-state index in [4.69, 9.17) is 5.11 Å². The molecule has 0 unspecified atom stereocenters. The van der Waals surface area contributed by atoms with Crippen molar-refractivity contribution in [2.75, 3.05) is 18.8 Å². The molecule has 0 atom stereocenters. The van der Waals surface area contributed by atoms with E-state index in [1.165, 1.54) is 11.8 Å². The Labute approximate surface area is 136 Å². The minimum Gasteiger partial charge on any atom is -0.478 e. The fraction of sp³-hybridized carbons (Fsp3) is 0.200. The summed E-state index contributed by atoms with van der Waals surface area (Å²) in [6.45, 7) is 8.17. The third kappa shape index (κ3) is 5.40.